The second-order valence-corrected chi connectivity index (χ2v) is 3.57. The molecule has 58 valence electrons. The predicted molar refractivity (Wildman–Crippen MR) is 43.8 cm³/mol. The molecule has 0 rings (SSSR count). The fourth-order valence-electron chi connectivity index (χ4n) is 0.592. The van der Waals surface area contributed by atoms with Gasteiger partial charge in [0.1, 0.15) is 5.44 Å². The van der Waals surface area contributed by atoms with Crippen LogP contribution >= 0.6 is 11.8 Å². The summed E-state index contributed by atoms with van der Waals surface area (Å²) in [6.45, 7) is 6.50. The number of nitriles is 1. The molecule has 0 fully saturated rings. The molecule has 0 saturated carbocycles. The van der Waals surface area contributed by atoms with E-state index in [9.17, 15) is 0 Å². The van der Waals surface area contributed by atoms with Crippen LogP contribution in [0.2, 0.25) is 0 Å². The van der Waals surface area contributed by atoms with Crippen molar-refractivity contribution in [1.82, 2.24) is 0 Å². The highest BCUT2D eigenvalue weighted by Crippen LogP contribution is 2.16. The topological polar surface area (TPSA) is 33.0 Å². The Bertz CT molecular complexity index is 121. The maximum absolute atomic E-state index is 8.43. The molecule has 0 aliphatic carbocycles. The number of hydrogen-bond acceptors (Lipinski definition) is 3. The molecule has 0 aliphatic rings. The van der Waals surface area contributed by atoms with Crippen molar-refractivity contribution in [2.24, 2.45) is 0 Å². The van der Waals surface area contributed by atoms with E-state index in [0.29, 0.717) is 6.61 Å². The van der Waals surface area contributed by atoms with Crippen LogP contribution in [0.15, 0.2) is 0 Å². The molecule has 0 aromatic carbocycles. The molecule has 10 heavy (non-hydrogen) atoms. The number of ether oxygens (including phenoxy) is 1. The van der Waals surface area contributed by atoms with Crippen LogP contribution in [0.25, 0.3) is 0 Å². The maximum Gasteiger partial charge on any atom is 0.101 e. The maximum atomic E-state index is 8.43. The summed E-state index contributed by atoms with van der Waals surface area (Å²) in [6, 6.07) is 2.14. The largest absolute Gasteiger partial charge is 0.368 e. The number of rotatable bonds is 4. The van der Waals surface area contributed by atoms with E-state index >= 15 is 0 Å². The molecule has 0 N–H and O–H groups in total. The average Bonchev–Trinajstić information content (AvgIpc) is 1.88. The molecular weight excluding hydrogens is 146 g/mol. The Kier molecular flexibility index (Phi) is 5.46. The molecule has 0 bridgehead atoms. The van der Waals surface area contributed by atoms with Gasteiger partial charge in [0.15, 0.2) is 0 Å². The molecule has 0 aromatic heterocycles. The van der Waals surface area contributed by atoms with Crippen LogP contribution in [0.3, 0.4) is 0 Å². The predicted octanol–water partition coefficient (Wildman–Crippen LogP) is 2.01. The summed E-state index contributed by atoms with van der Waals surface area (Å²) in [5.41, 5.74) is 0.139. The van der Waals surface area contributed by atoms with E-state index in [1.165, 1.54) is 0 Å². The van der Waals surface area contributed by atoms with Crippen LogP contribution in [-0.4, -0.2) is 17.3 Å². The second-order valence-electron chi connectivity index (χ2n) is 1.93. The first-order valence-electron chi connectivity index (χ1n) is 3.37. The van der Waals surface area contributed by atoms with Crippen molar-refractivity contribution in [2.75, 3.05) is 6.61 Å². The van der Waals surface area contributed by atoms with Crippen molar-refractivity contribution in [3.63, 3.8) is 0 Å². The van der Waals surface area contributed by atoms with Gasteiger partial charge in [-0.05, 0) is 20.8 Å². The summed E-state index contributed by atoms with van der Waals surface area (Å²) in [4.78, 5) is 0. The molecule has 0 aromatic rings. The molecule has 0 spiro atoms. The Morgan fingerprint density at radius 2 is 2.20 bits per heavy atom. The van der Waals surface area contributed by atoms with Gasteiger partial charge in [-0.3, -0.25) is 0 Å². The number of hydrogen-bond donors (Lipinski definition) is 0. The third-order valence-electron chi connectivity index (χ3n) is 0.979. The van der Waals surface area contributed by atoms with Gasteiger partial charge < -0.3 is 4.74 Å². The normalized spacial score (nSPS) is 15.8. The van der Waals surface area contributed by atoms with Crippen LogP contribution in [-0.2, 0) is 4.74 Å². The van der Waals surface area contributed by atoms with Crippen molar-refractivity contribution in [3.05, 3.63) is 0 Å². The van der Waals surface area contributed by atoms with E-state index in [1.54, 1.807) is 11.8 Å². The second kappa shape index (κ2) is 5.57. The average molecular weight is 159 g/mol. The zero-order chi connectivity index (χ0) is 7.98. The summed E-state index contributed by atoms with van der Waals surface area (Å²) in [7, 11) is 0. The van der Waals surface area contributed by atoms with Gasteiger partial charge in [-0.2, -0.15) is 5.26 Å². The third-order valence-corrected chi connectivity index (χ3v) is 2.01. The van der Waals surface area contributed by atoms with Crippen molar-refractivity contribution in [1.29, 1.82) is 5.26 Å². The summed E-state index contributed by atoms with van der Waals surface area (Å²) < 4.78 is 5.23. The fourth-order valence-corrected chi connectivity index (χ4v) is 1.44. The highest BCUT2D eigenvalue weighted by Gasteiger charge is 2.06. The molecular formula is C7H13NOS. The lowest BCUT2D eigenvalue weighted by atomic mass is 10.5. The Morgan fingerprint density at radius 1 is 1.60 bits per heavy atom. The van der Waals surface area contributed by atoms with Gasteiger partial charge in [0.05, 0.1) is 11.3 Å². The highest BCUT2D eigenvalue weighted by molar-refractivity contribution is 8.00. The first kappa shape index (κ1) is 9.80. The van der Waals surface area contributed by atoms with Gasteiger partial charge >= 0.3 is 0 Å². The standard InChI is InChI=1S/C7H13NOS/c1-4-9-7(3)10-6(2)5-8/h6-7H,4H2,1-3H3/t6-,7+/m0/s1. The molecule has 3 heteroatoms. The van der Waals surface area contributed by atoms with Gasteiger partial charge in [0.25, 0.3) is 0 Å². The molecule has 0 unspecified atom stereocenters. The van der Waals surface area contributed by atoms with Crippen molar-refractivity contribution < 1.29 is 4.74 Å². The lowest BCUT2D eigenvalue weighted by molar-refractivity contribution is 0.137. The van der Waals surface area contributed by atoms with Gasteiger partial charge in [-0.15, -0.1) is 11.8 Å². The van der Waals surface area contributed by atoms with Crippen LogP contribution < -0.4 is 0 Å². The number of thioether (sulfide) groups is 1. The molecule has 0 saturated heterocycles. The van der Waals surface area contributed by atoms with Crippen molar-refractivity contribution in [2.45, 2.75) is 31.5 Å². The minimum Gasteiger partial charge on any atom is -0.368 e. The Hall–Kier alpha value is -0.200. The molecule has 0 amide bonds. The zero-order valence-electron chi connectivity index (χ0n) is 6.63. The van der Waals surface area contributed by atoms with E-state index in [4.69, 9.17) is 10.00 Å². The minimum absolute atomic E-state index is 0.0292. The Balaban J connectivity index is 3.39. The van der Waals surface area contributed by atoms with Crippen LogP contribution in [0.4, 0.5) is 0 Å². The van der Waals surface area contributed by atoms with Gasteiger partial charge in [-0.1, -0.05) is 0 Å². The summed E-state index contributed by atoms with van der Waals surface area (Å²) in [6.07, 6.45) is 0. The first-order chi connectivity index (χ1) is 4.70. The summed E-state index contributed by atoms with van der Waals surface area (Å²) in [5.74, 6) is 0. The van der Waals surface area contributed by atoms with Crippen LogP contribution in [0, 0.1) is 11.3 Å². The lowest BCUT2D eigenvalue weighted by Crippen LogP contribution is -2.06. The minimum atomic E-state index is 0.0292. The van der Waals surface area contributed by atoms with Gasteiger partial charge in [0, 0.05) is 6.61 Å². The quantitative estimate of drug-likeness (QED) is 0.588. The summed E-state index contributed by atoms with van der Waals surface area (Å²) >= 11 is 1.54. The Labute approximate surface area is 66.6 Å². The summed E-state index contributed by atoms with van der Waals surface area (Å²) in [5, 5.41) is 8.45. The first-order valence-corrected chi connectivity index (χ1v) is 4.31. The highest BCUT2D eigenvalue weighted by atomic mass is 32.2. The fraction of sp³-hybridized carbons (Fsp3) is 0.857. The SMILES string of the molecule is CCO[C@@H](C)S[C@@H](C)C#N. The van der Waals surface area contributed by atoms with Crippen molar-refractivity contribution in [3.8, 4) is 6.07 Å². The van der Waals surface area contributed by atoms with E-state index in [-0.39, 0.29) is 10.7 Å². The third kappa shape index (κ3) is 4.66. The molecule has 0 radical (unpaired) electrons. The number of nitrogens with zero attached hydrogens (tertiary/aromatic N) is 1. The van der Waals surface area contributed by atoms with E-state index in [2.05, 4.69) is 6.07 Å². The smallest absolute Gasteiger partial charge is 0.101 e. The van der Waals surface area contributed by atoms with Gasteiger partial charge in [0.2, 0.25) is 0 Å². The van der Waals surface area contributed by atoms with E-state index in [1.807, 2.05) is 20.8 Å². The monoisotopic (exact) mass is 159 g/mol. The molecule has 0 heterocycles. The van der Waals surface area contributed by atoms with Crippen molar-refractivity contribution >= 4 is 11.8 Å². The zero-order valence-corrected chi connectivity index (χ0v) is 7.44. The lowest BCUT2D eigenvalue weighted by Gasteiger charge is -2.11. The Morgan fingerprint density at radius 3 is 2.60 bits per heavy atom. The van der Waals surface area contributed by atoms with Gasteiger partial charge in [-0.25, -0.2) is 0 Å². The van der Waals surface area contributed by atoms with Crippen LogP contribution in [0.1, 0.15) is 20.8 Å². The van der Waals surface area contributed by atoms with E-state index < -0.39 is 0 Å². The molecule has 2 nitrogen and oxygen atoms in total. The molecule has 0 aliphatic heterocycles. The van der Waals surface area contributed by atoms with E-state index in [0.717, 1.165) is 0 Å². The molecule has 2 atom stereocenters. The van der Waals surface area contributed by atoms with Crippen LogP contribution in [0.5, 0.6) is 0 Å².